The maximum atomic E-state index is 14.3. The Morgan fingerprint density at radius 1 is 1.15 bits per heavy atom. The van der Waals surface area contributed by atoms with Gasteiger partial charge in [-0.05, 0) is 69.1 Å². The molecule has 0 bridgehead atoms. The van der Waals surface area contributed by atoms with E-state index in [1.165, 1.54) is 29.8 Å². The summed E-state index contributed by atoms with van der Waals surface area (Å²) in [6, 6.07) is 7.49. The molecular weight excluding hydrogens is 612 g/mol. The number of rotatable bonds is 8. The minimum Gasteiger partial charge on any atom is -0.497 e. The highest BCUT2D eigenvalue weighted by Gasteiger charge is 2.38. The maximum Gasteiger partial charge on any atom is 0.333 e. The van der Waals surface area contributed by atoms with Crippen molar-refractivity contribution in [2.75, 3.05) is 20.3 Å². The number of aromatic nitrogens is 2. The smallest absolute Gasteiger partial charge is 0.333 e. The molecular formula is C30H37BrN2O7S. The third-order valence-corrected chi connectivity index (χ3v) is 9.15. The van der Waals surface area contributed by atoms with E-state index in [-0.39, 0.29) is 12.6 Å². The van der Waals surface area contributed by atoms with Crippen molar-refractivity contribution in [3.05, 3.63) is 66.3 Å². The molecule has 0 amide bonds. The fourth-order valence-electron chi connectivity index (χ4n) is 4.70. The lowest BCUT2D eigenvalue weighted by molar-refractivity contribution is -0.164. The number of nitrogens with zero attached hydrogens (tertiary/aromatic N) is 2. The number of ether oxygens (including phenoxy) is 4. The predicted octanol–water partition coefficient (Wildman–Crippen LogP) is 5.62. The topological polar surface area (TPSA) is 98.0 Å². The molecule has 3 aromatic rings. The number of benzene rings is 1. The number of esters is 1. The summed E-state index contributed by atoms with van der Waals surface area (Å²) in [5, 5.41) is 0.364. The number of fused-ring (bicyclic) bond motifs is 1. The summed E-state index contributed by atoms with van der Waals surface area (Å²) in [7, 11) is 1.59. The van der Waals surface area contributed by atoms with Crippen LogP contribution in [0.1, 0.15) is 58.6 Å². The first-order chi connectivity index (χ1) is 19.3. The molecule has 0 radical (unpaired) electrons. The summed E-state index contributed by atoms with van der Waals surface area (Å²) in [6.45, 7) is 11.4. The van der Waals surface area contributed by atoms with Crippen LogP contribution in [0.2, 0.25) is 0 Å². The molecule has 41 heavy (non-hydrogen) atoms. The van der Waals surface area contributed by atoms with E-state index in [1.807, 2.05) is 31.2 Å². The normalized spacial score (nSPS) is 15.3. The minimum atomic E-state index is -1.58. The summed E-state index contributed by atoms with van der Waals surface area (Å²) < 4.78 is 26.2. The third kappa shape index (κ3) is 6.47. The van der Waals surface area contributed by atoms with E-state index in [2.05, 4.69) is 15.9 Å². The average Bonchev–Trinajstić information content (AvgIpc) is 3.21. The Morgan fingerprint density at radius 2 is 1.80 bits per heavy atom. The Kier molecular flexibility index (Phi) is 9.20. The molecule has 1 aliphatic rings. The van der Waals surface area contributed by atoms with Gasteiger partial charge in [0, 0.05) is 24.0 Å². The van der Waals surface area contributed by atoms with Crippen molar-refractivity contribution >= 4 is 49.0 Å². The Labute approximate surface area is 251 Å². The lowest BCUT2D eigenvalue weighted by atomic mass is 10.0. The summed E-state index contributed by atoms with van der Waals surface area (Å²) in [4.78, 5) is 42.0. The van der Waals surface area contributed by atoms with E-state index in [9.17, 15) is 14.4 Å². The molecule has 0 spiro atoms. The Bertz CT molecular complexity index is 1590. The summed E-state index contributed by atoms with van der Waals surface area (Å²) >= 11 is 4.85. The van der Waals surface area contributed by atoms with Crippen LogP contribution in [0, 0.1) is 6.92 Å². The van der Waals surface area contributed by atoms with Crippen LogP contribution in [0.4, 0.5) is 0 Å². The number of carbonyl (C=O) groups excluding carboxylic acids is 1. The Hall–Kier alpha value is -2.89. The standard InChI is InChI=1S/C30H37BrN2O7S/c1-18-23-25(34)33(30(5,6)27(35)40-29(2,3)4)28(36)32(26(23)41-24(18)31)16-19(17-39-20-12-14-38-15-13-20)21-10-8-9-11-22(21)37-7/h8-11,17,20H,12-16H2,1-7H3/b19-17-. The van der Waals surface area contributed by atoms with Crippen molar-refractivity contribution in [1.29, 1.82) is 0 Å². The molecule has 222 valence electrons. The summed E-state index contributed by atoms with van der Waals surface area (Å²) in [5.74, 6) is -0.0602. The second kappa shape index (κ2) is 12.1. The van der Waals surface area contributed by atoms with Gasteiger partial charge in [0.1, 0.15) is 27.8 Å². The van der Waals surface area contributed by atoms with Gasteiger partial charge in [-0.15, -0.1) is 11.3 Å². The van der Waals surface area contributed by atoms with E-state index in [0.29, 0.717) is 40.3 Å². The van der Waals surface area contributed by atoms with Crippen molar-refractivity contribution in [1.82, 2.24) is 9.13 Å². The minimum absolute atomic E-state index is 0.0246. The molecule has 1 fully saturated rings. The van der Waals surface area contributed by atoms with Crippen molar-refractivity contribution in [2.45, 2.75) is 78.2 Å². The number of carbonyl (C=O) groups is 1. The van der Waals surface area contributed by atoms with E-state index >= 15 is 0 Å². The lowest BCUT2D eigenvalue weighted by Crippen LogP contribution is -2.54. The molecule has 1 aliphatic heterocycles. The number of methoxy groups -OCH3 is 1. The van der Waals surface area contributed by atoms with E-state index < -0.39 is 28.4 Å². The number of thiophene rings is 1. The van der Waals surface area contributed by atoms with Crippen LogP contribution in [0.25, 0.3) is 15.8 Å². The van der Waals surface area contributed by atoms with Crippen LogP contribution in [0.5, 0.6) is 5.75 Å². The maximum absolute atomic E-state index is 14.3. The molecule has 0 atom stereocenters. The van der Waals surface area contributed by atoms with Crippen LogP contribution >= 0.6 is 27.3 Å². The molecule has 1 aromatic carbocycles. The van der Waals surface area contributed by atoms with Crippen molar-refractivity contribution in [3.63, 3.8) is 0 Å². The number of aryl methyl sites for hydroxylation is 1. The first-order valence-electron chi connectivity index (χ1n) is 13.5. The third-order valence-electron chi connectivity index (χ3n) is 6.96. The molecule has 0 saturated carbocycles. The number of hydrogen-bond donors (Lipinski definition) is 0. The van der Waals surface area contributed by atoms with E-state index in [1.54, 1.807) is 34.1 Å². The summed E-state index contributed by atoms with van der Waals surface area (Å²) in [5.41, 5.74) is -1.43. The van der Waals surface area contributed by atoms with Crippen LogP contribution in [-0.2, 0) is 31.1 Å². The molecule has 2 aromatic heterocycles. The van der Waals surface area contributed by atoms with Crippen LogP contribution in [0.3, 0.4) is 0 Å². The van der Waals surface area contributed by atoms with Gasteiger partial charge in [0.2, 0.25) is 0 Å². The predicted molar refractivity (Wildman–Crippen MR) is 164 cm³/mol. The number of para-hydroxylation sites is 1. The monoisotopic (exact) mass is 648 g/mol. The van der Waals surface area contributed by atoms with Gasteiger partial charge in [-0.1, -0.05) is 18.2 Å². The first-order valence-corrected chi connectivity index (χ1v) is 15.1. The van der Waals surface area contributed by atoms with Crippen molar-refractivity contribution in [3.8, 4) is 5.75 Å². The molecule has 1 saturated heterocycles. The van der Waals surface area contributed by atoms with Gasteiger partial charge >= 0.3 is 11.7 Å². The molecule has 0 aliphatic carbocycles. The first kappa shape index (κ1) is 31.1. The second-order valence-electron chi connectivity index (χ2n) is 11.5. The zero-order valence-electron chi connectivity index (χ0n) is 24.5. The Morgan fingerprint density at radius 3 is 2.44 bits per heavy atom. The quantitative estimate of drug-likeness (QED) is 0.231. The van der Waals surface area contributed by atoms with Crippen LogP contribution in [-0.4, -0.2) is 47.1 Å². The molecule has 4 rings (SSSR count). The van der Waals surface area contributed by atoms with Crippen molar-refractivity contribution in [2.24, 2.45) is 0 Å². The van der Waals surface area contributed by atoms with Gasteiger partial charge in [0.15, 0.2) is 0 Å². The van der Waals surface area contributed by atoms with Crippen LogP contribution < -0.4 is 16.0 Å². The van der Waals surface area contributed by atoms with Gasteiger partial charge in [-0.25, -0.2) is 14.2 Å². The SMILES string of the molecule is COc1ccccc1/C(=C\OC1CCOCC1)Cn1c(=O)n(C(C)(C)C(=O)OC(C)(C)C)c(=O)c2c(C)c(Br)sc21. The van der Waals surface area contributed by atoms with Gasteiger partial charge in [0.05, 0.1) is 42.3 Å². The average molecular weight is 650 g/mol. The highest BCUT2D eigenvalue weighted by molar-refractivity contribution is 9.11. The highest BCUT2D eigenvalue weighted by Crippen LogP contribution is 2.35. The zero-order chi connectivity index (χ0) is 30.1. The number of halogens is 1. The van der Waals surface area contributed by atoms with E-state index in [4.69, 9.17) is 18.9 Å². The van der Waals surface area contributed by atoms with Gasteiger partial charge in [-0.3, -0.25) is 9.36 Å². The Balaban J connectivity index is 1.94. The number of allylic oxidation sites excluding steroid dienone is 1. The van der Waals surface area contributed by atoms with Gasteiger partial charge in [0.25, 0.3) is 5.56 Å². The highest BCUT2D eigenvalue weighted by atomic mass is 79.9. The molecule has 11 heteroatoms. The molecule has 9 nitrogen and oxygen atoms in total. The second-order valence-corrected chi connectivity index (χ2v) is 13.9. The fraction of sp³-hybridized carbons (Fsp3) is 0.500. The van der Waals surface area contributed by atoms with E-state index in [0.717, 1.165) is 26.8 Å². The van der Waals surface area contributed by atoms with Gasteiger partial charge < -0.3 is 18.9 Å². The molecule has 3 heterocycles. The fourth-order valence-corrected chi connectivity index (χ4v) is 6.38. The zero-order valence-corrected chi connectivity index (χ0v) is 26.9. The molecule has 0 N–H and O–H groups in total. The molecule has 0 unspecified atom stereocenters. The van der Waals surface area contributed by atoms with Crippen molar-refractivity contribution < 1.29 is 23.7 Å². The largest absolute Gasteiger partial charge is 0.497 e. The number of hydrogen-bond acceptors (Lipinski definition) is 8. The summed E-state index contributed by atoms with van der Waals surface area (Å²) in [6.07, 6.45) is 3.16. The van der Waals surface area contributed by atoms with Crippen LogP contribution in [0.15, 0.2) is 43.9 Å². The van der Waals surface area contributed by atoms with Gasteiger partial charge in [-0.2, -0.15) is 0 Å². The lowest BCUT2D eigenvalue weighted by Gasteiger charge is -2.30.